The number of Topliss-reactive ketones (excluding diaryl/α,β-unsaturated/α-hetero) is 1. The molecule has 0 spiro atoms. The molecular formula is C42H69N7O9. The second-order valence-electron chi connectivity index (χ2n) is 17.3. The Morgan fingerprint density at radius 1 is 1.12 bits per heavy atom. The number of ketones is 1. The second kappa shape index (κ2) is 19.1. The Labute approximate surface area is 344 Å². The summed E-state index contributed by atoms with van der Waals surface area (Å²) in [5.74, 6) is -2.27. The minimum atomic E-state index is -1.22. The molecule has 16 nitrogen and oxygen atoms in total. The van der Waals surface area contributed by atoms with Crippen LogP contribution in [0.3, 0.4) is 0 Å². The highest BCUT2D eigenvalue weighted by Crippen LogP contribution is 2.39. The predicted molar refractivity (Wildman–Crippen MR) is 220 cm³/mol. The number of ether oxygens (including phenoxy) is 5. The van der Waals surface area contributed by atoms with E-state index in [0.717, 1.165) is 11.3 Å². The standard InChI is InChI=1S/C42H67N7O9.H2/c1-11-34-42(7)37(49(40(53)58-42)18-13-12-17-48-24-31(45-46-48)29-15-14-16-30(43)20-29)28(5)44-23-25(2)22-41(6,54-10)35(21-33(50)27(4)38(52)56-34)57-39-36(51)32(47(8)9)19-26(3)55-39;/h14-16,20,24-28,32,34-37,39,44,51H,11-13,17-19,21-23,43H2,1-10H3;1H/t25-,26-,27-,28-,32?,34-,35-,36?,37-,39+,41-,42-;/m1./s1. The number of benzene rings is 1. The van der Waals surface area contributed by atoms with E-state index in [0.29, 0.717) is 57.4 Å². The third-order valence-corrected chi connectivity index (χ3v) is 12.5. The fraction of sp³-hybridized carbons (Fsp3) is 0.738. The molecule has 12 atom stereocenters. The Bertz CT molecular complexity index is 1720. The zero-order valence-corrected chi connectivity index (χ0v) is 36.1. The van der Waals surface area contributed by atoms with E-state index in [2.05, 4.69) is 22.6 Å². The monoisotopic (exact) mass is 816 g/mol. The predicted octanol–water partition coefficient (Wildman–Crippen LogP) is 4.28. The maximum Gasteiger partial charge on any atom is 0.410 e. The van der Waals surface area contributed by atoms with Crippen LogP contribution in [0, 0.1) is 11.8 Å². The van der Waals surface area contributed by atoms with Gasteiger partial charge in [0.25, 0.3) is 0 Å². The maximum absolute atomic E-state index is 14.0. The summed E-state index contributed by atoms with van der Waals surface area (Å²) in [6, 6.07) is 6.47. The van der Waals surface area contributed by atoms with Crippen molar-refractivity contribution >= 4 is 23.5 Å². The molecule has 0 radical (unpaired) electrons. The molecule has 58 heavy (non-hydrogen) atoms. The molecule has 2 aromatic rings. The highest BCUT2D eigenvalue weighted by Gasteiger charge is 2.58. The van der Waals surface area contributed by atoms with Gasteiger partial charge in [0.05, 0.1) is 30.0 Å². The van der Waals surface area contributed by atoms with Crippen molar-refractivity contribution in [3.8, 4) is 11.3 Å². The number of aryl methyl sites for hydroxylation is 1. The number of unbranched alkanes of at least 4 members (excludes halogenated alkanes) is 1. The number of carbonyl (C=O) groups excluding carboxylic acids is 3. The van der Waals surface area contributed by atoms with Gasteiger partial charge in [-0.1, -0.05) is 31.2 Å². The van der Waals surface area contributed by atoms with Crippen LogP contribution in [0.15, 0.2) is 30.5 Å². The van der Waals surface area contributed by atoms with Crippen LogP contribution in [0.2, 0.25) is 0 Å². The molecule has 5 rings (SSSR count). The summed E-state index contributed by atoms with van der Waals surface area (Å²) in [5, 5.41) is 23.6. The lowest BCUT2D eigenvalue weighted by atomic mass is 9.83. The maximum atomic E-state index is 14.0. The third kappa shape index (κ3) is 10.2. The number of nitrogen functional groups attached to an aromatic ring is 1. The number of nitrogens with two attached hydrogens (primary N) is 1. The molecule has 0 aliphatic carbocycles. The van der Waals surface area contributed by atoms with Crippen LogP contribution in [0.5, 0.6) is 0 Å². The Hall–Kier alpha value is -3.67. The first-order valence-corrected chi connectivity index (χ1v) is 20.8. The minimum Gasteiger partial charge on any atom is -0.458 e. The molecule has 3 aliphatic rings. The average Bonchev–Trinajstić information content (AvgIpc) is 3.76. The topological polar surface area (TPSA) is 193 Å². The van der Waals surface area contributed by atoms with E-state index < -0.39 is 65.6 Å². The van der Waals surface area contributed by atoms with Gasteiger partial charge in [0, 0.05) is 51.4 Å². The zero-order chi connectivity index (χ0) is 42.5. The number of aliphatic hydroxyl groups excluding tert-OH is 1. The molecule has 16 heteroatoms. The van der Waals surface area contributed by atoms with Crippen molar-refractivity contribution in [1.29, 1.82) is 0 Å². The number of esters is 1. The number of carbonyl (C=O) groups is 3. The van der Waals surface area contributed by atoms with Gasteiger partial charge < -0.3 is 44.7 Å². The highest BCUT2D eigenvalue weighted by molar-refractivity contribution is 5.99. The van der Waals surface area contributed by atoms with Gasteiger partial charge in [-0.05, 0) is 105 Å². The summed E-state index contributed by atoms with van der Waals surface area (Å²) >= 11 is 0. The molecular weight excluding hydrogens is 747 g/mol. The van der Waals surface area contributed by atoms with Gasteiger partial charge in [0.1, 0.15) is 29.6 Å². The molecule has 4 N–H and O–H groups in total. The third-order valence-electron chi connectivity index (χ3n) is 12.5. The van der Waals surface area contributed by atoms with Crippen molar-refractivity contribution in [2.75, 3.05) is 40.0 Å². The van der Waals surface area contributed by atoms with Crippen LogP contribution in [-0.2, 0) is 39.8 Å². The molecule has 1 amide bonds. The van der Waals surface area contributed by atoms with Gasteiger partial charge in [-0.15, -0.1) is 5.10 Å². The summed E-state index contributed by atoms with van der Waals surface area (Å²) in [6.45, 7) is 14.7. The number of cyclic esters (lactones) is 1. The smallest absolute Gasteiger partial charge is 0.410 e. The molecule has 326 valence electrons. The number of hydrogen-bond acceptors (Lipinski definition) is 14. The fourth-order valence-electron chi connectivity index (χ4n) is 8.95. The fourth-order valence-corrected chi connectivity index (χ4v) is 8.95. The Kier molecular flexibility index (Phi) is 15.0. The van der Waals surface area contributed by atoms with Gasteiger partial charge in [0.15, 0.2) is 11.9 Å². The highest BCUT2D eigenvalue weighted by atomic mass is 16.7. The van der Waals surface area contributed by atoms with Crippen molar-refractivity contribution in [2.45, 2.75) is 154 Å². The van der Waals surface area contributed by atoms with Crippen LogP contribution >= 0.6 is 0 Å². The molecule has 1 aromatic carbocycles. The molecule has 0 saturated carbocycles. The van der Waals surface area contributed by atoms with Crippen molar-refractivity contribution in [1.82, 2.24) is 30.1 Å². The number of aliphatic hydroxyl groups is 1. The number of aromatic nitrogens is 3. The summed E-state index contributed by atoms with van der Waals surface area (Å²) < 4.78 is 33.0. The minimum absolute atomic E-state index is 0. The van der Waals surface area contributed by atoms with Gasteiger partial charge in [-0.25, -0.2) is 4.79 Å². The number of methoxy groups -OCH3 is 1. The Morgan fingerprint density at radius 3 is 2.52 bits per heavy atom. The Morgan fingerprint density at radius 2 is 1.84 bits per heavy atom. The van der Waals surface area contributed by atoms with E-state index in [4.69, 9.17) is 29.4 Å². The SMILES string of the molecule is CC[C@H]1OC(=O)[C@H](C)C(=O)C[C@@H](O[C@@H]2O[C@H](C)CC(N(C)C)C2O)[C@](C)(OC)C[C@@H](C)CN[C@H](C)[C@H]2N(CCCCn3cc(-c4cccc(N)c4)nn3)C(=O)O[C@]12C.[HH]. The number of nitrogens with one attached hydrogen (secondary N) is 1. The van der Waals surface area contributed by atoms with Crippen molar-refractivity contribution in [3.05, 3.63) is 30.5 Å². The lowest BCUT2D eigenvalue weighted by Crippen LogP contribution is -2.61. The molecule has 2 unspecified atom stereocenters. The normalized spacial score (nSPS) is 35.6. The number of likely N-dealkylation sites (N-methyl/N-ethyl adjacent to an activating group) is 1. The first kappa shape index (κ1) is 45.4. The van der Waals surface area contributed by atoms with E-state index in [1.807, 2.05) is 84.1 Å². The lowest BCUT2D eigenvalue weighted by molar-refractivity contribution is -0.289. The number of rotatable bonds is 11. The Balaban J connectivity index is 0.00000769. The first-order valence-electron chi connectivity index (χ1n) is 20.8. The summed E-state index contributed by atoms with van der Waals surface area (Å²) in [5.41, 5.74) is 5.98. The molecule has 3 aliphatic heterocycles. The molecule has 0 bridgehead atoms. The quantitative estimate of drug-likeness (QED) is 0.126. The van der Waals surface area contributed by atoms with Crippen LogP contribution in [0.25, 0.3) is 11.3 Å². The number of fused-ring (bicyclic) bond motifs is 1. The van der Waals surface area contributed by atoms with Crippen molar-refractivity contribution in [2.24, 2.45) is 11.8 Å². The number of amides is 1. The number of nitrogens with zero attached hydrogens (tertiary/aromatic N) is 5. The van der Waals surface area contributed by atoms with E-state index in [1.54, 1.807) is 16.7 Å². The van der Waals surface area contributed by atoms with Gasteiger partial charge in [0.2, 0.25) is 0 Å². The van der Waals surface area contributed by atoms with Crippen LogP contribution in [-0.4, -0.2) is 142 Å². The summed E-state index contributed by atoms with van der Waals surface area (Å²) in [4.78, 5) is 45.4. The van der Waals surface area contributed by atoms with Crippen LogP contribution < -0.4 is 11.1 Å². The lowest BCUT2D eigenvalue weighted by Gasteiger charge is -2.45. The molecule has 1 aromatic heterocycles. The first-order chi connectivity index (χ1) is 27.4. The van der Waals surface area contributed by atoms with E-state index in [9.17, 15) is 19.5 Å². The number of hydrogen-bond donors (Lipinski definition) is 3. The van der Waals surface area contributed by atoms with Crippen molar-refractivity contribution in [3.63, 3.8) is 0 Å². The van der Waals surface area contributed by atoms with Gasteiger partial charge >= 0.3 is 12.1 Å². The second-order valence-corrected chi connectivity index (χ2v) is 17.3. The van der Waals surface area contributed by atoms with Crippen LogP contribution in [0.1, 0.15) is 88.4 Å². The largest absolute Gasteiger partial charge is 0.458 e. The number of anilines is 1. The summed E-state index contributed by atoms with van der Waals surface area (Å²) in [6.07, 6.45) is 0.116. The summed E-state index contributed by atoms with van der Waals surface area (Å²) in [7, 11) is 5.38. The molecule has 3 saturated heterocycles. The molecule has 4 heterocycles. The van der Waals surface area contributed by atoms with E-state index >= 15 is 0 Å². The van der Waals surface area contributed by atoms with E-state index in [-0.39, 0.29) is 32.0 Å². The zero-order valence-electron chi connectivity index (χ0n) is 36.1. The average molecular weight is 816 g/mol. The van der Waals surface area contributed by atoms with Gasteiger partial charge in [-0.2, -0.15) is 0 Å². The molecule has 3 fully saturated rings. The van der Waals surface area contributed by atoms with Crippen molar-refractivity contribution < 1.29 is 44.6 Å². The van der Waals surface area contributed by atoms with E-state index in [1.165, 1.54) is 6.92 Å². The van der Waals surface area contributed by atoms with Gasteiger partial charge in [-0.3, -0.25) is 19.2 Å². The van der Waals surface area contributed by atoms with Crippen LogP contribution in [0.4, 0.5) is 10.5 Å².